The predicted octanol–water partition coefficient (Wildman–Crippen LogP) is 4.28. The highest BCUT2D eigenvalue weighted by atomic mass is 35.5. The standard InChI is InChI=1S/C16H24N2.2ClH/c1-15(2)9-12(10-16(3,4)14(15)18)11-5-7-13(17)8-6-11;;/h5-9,14H,10,17-18H2,1-4H3;2*1H. The van der Waals surface area contributed by atoms with E-state index in [-0.39, 0.29) is 41.7 Å². The van der Waals surface area contributed by atoms with E-state index in [9.17, 15) is 0 Å². The van der Waals surface area contributed by atoms with Gasteiger partial charge in [0, 0.05) is 11.7 Å². The van der Waals surface area contributed by atoms with Crippen LogP contribution in [0.5, 0.6) is 0 Å². The lowest BCUT2D eigenvalue weighted by molar-refractivity contribution is 0.176. The molecule has 0 aromatic heterocycles. The van der Waals surface area contributed by atoms with Crippen LogP contribution in [0.3, 0.4) is 0 Å². The smallest absolute Gasteiger partial charge is 0.0314 e. The van der Waals surface area contributed by atoms with Gasteiger partial charge in [-0.2, -0.15) is 0 Å². The Bertz CT molecular complexity index is 476. The van der Waals surface area contributed by atoms with Gasteiger partial charge < -0.3 is 11.5 Å². The molecule has 0 saturated heterocycles. The second-order valence-electron chi connectivity index (χ2n) is 6.76. The highest BCUT2D eigenvalue weighted by molar-refractivity contribution is 5.85. The maximum Gasteiger partial charge on any atom is 0.0314 e. The Kier molecular flexibility index (Phi) is 6.16. The van der Waals surface area contributed by atoms with Crippen LogP contribution in [-0.4, -0.2) is 6.04 Å². The Morgan fingerprint density at radius 3 is 1.95 bits per heavy atom. The quantitative estimate of drug-likeness (QED) is 0.760. The van der Waals surface area contributed by atoms with Crippen molar-refractivity contribution in [2.45, 2.75) is 40.2 Å². The van der Waals surface area contributed by atoms with Crippen LogP contribution in [0.4, 0.5) is 5.69 Å². The molecule has 0 heterocycles. The van der Waals surface area contributed by atoms with Crippen molar-refractivity contribution < 1.29 is 0 Å². The third-order valence-electron chi connectivity index (χ3n) is 4.12. The number of allylic oxidation sites excluding steroid dienone is 1. The normalized spacial score (nSPS) is 23.1. The Hall–Kier alpha value is -0.700. The van der Waals surface area contributed by atoms with Gasteiger partial charge in [-0.3, -0.25) is 0 Å². The molecule has 2 nitrogen and oxygen atoms in total. The summed E-state index contributed by atoms with van der Waals surface area (Å²) in [6.07, 6.45) is 3.34. The van der Waals surface area contributed by atoms with Crippen LogP contribution >= 0.6 is 24.8 Å². The molecule has 4 heteroatoms. The second-order valence-corrected chi connectivity index (χ2v) is 6.76. The van der Waals surface area contributed by atoms with Crippen molar-refractivity contribution in [3.8, 4) is 0 Å². The first-order valence-electron chi connectivity index (χ1n) is 6.56. The Balaban J connectivity index is 0.00000180. The molecular formula is C16H26Cl2N2. The molecule has 0 radical (unpaired) electrons. The van der Waals surface area contributed by atoms with E-state index in [1.54, 1.807) is 0 Å². The molecule has 2 rings (SSSR count). The fourth-order valence-corrected chi connectivity index (χ4v) is 3.08. The van der Waals surface area contributed by atoms with Crippen LogP contribution < -0.4 is 11.5 Å². The zero-order valence-electron chi connectivity index (χ0n) is 12.6. The Morgan fingerprint density at radius 1 is 1.00 bits per heavy atom. The van der Waals surface area contributed by atoms with E-state index < -0.39 is 0 Å². The van der Waals surface area contributed by atoms with Crippen molar-refractivity contribution in [2.24, 2.45) is 16.6 Å². The molecule has 1 atom stereocenters. The molecule has 0 saturated carbocycles. The molecule has 0 spiro atoms. The van der Waals surface area contributed by atoms with Crippen molar-refractivity contribution >= 4 is 36.1 Å². The van der Waals surface area contributed by atoms with E-state index in [1.807, 2.05) is 12.1 Å². The maximum atomic E-state index is 6.39. The first-order valence-corrected chi connectivity index (χ1v) is 6.56. The summed E-state index contributed by atoms with van der Waals surface area (Å²) < 4.78 is 0. The topological polar surface area (TPSA) is 52.0 Å². The molecule has 1 aromatic rings. The summed E-state index contributed by atoms with van der Waals surface area (Å²) in [5.74, 6) is 0. The molecule has 1 aliphatic rings. The molecule has 20 heavy (non-hydrogen) atoms. The van der Waals surface area contributed by atoms with Crippen LogP contribution in [0.25, 0.3) is 5.57 Å². The average molecular weight is 317 g/mol. The third kappa shape index (κ3) is 3.69. The van der Waals surface area contributed by atoms with Crippen molar-refractivity contribution in [3.63, 3.8) is 0 Å². The number of halogens is 2. The van der Waals surface area contributed by atoms with Crippen LogP contribution in [0, 0.1) is 10.8 Å². The van der Waals surface area contributed by atoms with E-state index in [4.69, 9.17) is 11.5 Å². The van der Waals surface area contributed by atoms with Gasteiger partial charge in [0.05, 0.1) is 0 Å². The molecular weight excluding hydrogens is 291 g/mol. The molecule has 0 aliphatic heterocycles. The minimum Gasteiger partial charge on any atom is -0.399 e. The number of nitrogen functional groups attached to an aromatic ring is 1. The third-order valence-corrected chi connectivity index (χ3v) is 4.12. The lowest BCUT2D eigenvalue weighted by Gasteiger charge is -2.46. The van der Waals surface area contributed by atoms with Gasteiger partial charge in [-0.25, -0.2) is 0 Å². The zero-order valence-corrected chi connectivity index (χ0v) is 14.3. The molecule has 1 unspecified atom stereocenters. The largest absolute Gasteiger partial charge is 0.399 e. The predicted molar refractivity (Wildman–Crippen MR) is 93.5 cm³/mol. The maximum absolute atomic E-state index is 6.39. The Labute approximate surface area is 134 Å². The van der Waals surface area contributed by atoms with Crippen LogP contribution in [0.1, 0.15) is 39.7 Å². The first-order chi connectivity index (χ1) is 8.22. The van der Waals surface area contributed by atoms with Crippen LogP contribution in [-0.2, 0) is 0 Å². The van der Waals surface area contributed by atoms with Crippen LogP contribution in [0.2, 0.25) is 0 Å². The van der Waals surface area contributed by atoms with Gasteiger partial charge in [-0.15, -0.1) is 24.8 Å². The lowest BCUT2D eigenvalue weighted by Crippen LogP contribution is -2.49. The van der Waals surface area contributed by atoms with E-state index in [2.05, 4.69) is 45.9 Å². The Morgan fingerprint density at radius 2 is 1.50 bits per heavy atom. The molecule has 114 valence electrons. The minimum absolute atomic E-state index is 0. The summed E-state index contributed by atoms with van der Waals surface area (Å²) in [6.45, 7) is 8.94. The monoisotopic (exact) mass is 316 g/mol. The number of rotatable bonds is 1. The van der Waals surface area contributed by atoms with Crippen molar-refractivity contribution in [2.75, 3.05) is 5.73 Å². The SMILES string of the molecule is CC1(C)C=C(c2ccc(N)cc2)CC(C)(C)C1N.Cl.Cl. The highest BCUT2D eigenvalue weighted by Crippen LogP contribution is 2.46. The summed E-state index contributed by atoms with van der Waals surface area (Å²) in [5, 5.41) is 0. The second kappa shape index (κ2) is 6.38. The summed E-state index contributed by atoms with van der Waals surface area (Å²) in [4.78, 5) is 0. The number of nitrogens with two attached hydrogens (primary N) is 2. The molecule has 0 bridgehead atoms. The van der Waals surface area contributed by atoms with Crippen molar-refractivity contribution in [1.82, 2.24) is 0 Å². The molecule has 0 fully saturated rings. The van der Waals surface area contributed by atoms with Gasteiger partial charge in [0.25, 0.3) is 0 Å². The number of benzene rings is 1. The van der Waals surface area contributed by atoms with Gasteiger partial charge in [0.1, 0.15) is 0 Å². The first kappa shape index (κ1) is 19.3. The molecule has 4 N–H and O–H groups in total. The van der Waals surface area contributed by atoms with E-state index in [0.717, 1.165) is 12.1 Å². The van der Waals surface area contributed by atoms with E-state index in [1.165, 1.54) is 11.1 Å². The summed E-state index contributed by atoms with van der Waals surface area (Å²) in [7, 11) is 0. The minimum atomic E-state index is 0. The van der Waals surface area contributed by atoms with Gasteiger partial charge in [0.15, 0.2) is 0 Å². The van der Waals surface area contributed by atoms with Gasteiger partial charge >= 0.3 is 0 Å². The van der Waals surface area contributed by atoms with E-state index in [0.29, 0.717) is 0 Å². The summed E-state index contributed by atoms with van der Waals surface area (Å²) in [5.41, 5.74) is 15.7. The number of hydrogen-bond donors (Lipinski definition) is 2. The lowest BCUT2D eigenvalue weighted by atomic mass is 9.62. The van der Waals surface area contributed by atoms with E-state index >= 15 is 0 Å². The van der Waals surface area contributed by atoms with Gasteiger partial charge in [-0.1, -0.05) is 45.9 Å². The highest BCUT2D eigenvalue weighted by Gasteiger charge is 2.41. The fraction of sp³-hybridized carbons (Fsp3) is 0.500. The van der Waals surface area contributed by atoms with Crippen LogP contribution in [0.15, 0.2) is 30.3 Å². The molecule has 1 aromatic carbocycles. The number of anilines is 1. The zero-order chi connectivity index (χ0) is 13.6. The van der Waals surface area contributed by atoms with Gasteiger partial charge in [-0.05, 0) is 40.5 Å². The number of hydrogen-bond acceptors (Lipinski definition) is 2. The van der Waals surface area contributed by atoms with Crippen molar-refractivity contribution in [1.29, 1.82) is 0 Å². The molecule has 1 aliphatic carbocycles. The average Bonchev–Trinajstić information content (AvgIpc) is 2.26. The fourth-order valence-electron chi connectivity index (χ4n) is 3.08. The molecule has 0 amide bonds. The summed E-state index contributed by atoms with van der Waals surface area (Å²) in [6, 6.07) is 8.31. The van der Waals surface area contributed by atoms with Crippen molar-refractivity contribution in [3.05, 3.63) is 35.9 Å². The van der Waals surface area contributed by atoms with Gasteiger partial charge in [0.2, 0.25) is 0 Å². The summed E-state index contributed by atoms with van der Waals surface area (Å²) >= 11 is 0.